The highest BCUT2D eigenvalue weighted by molar-refractivity contribution is 5.71. The van der Waals surface area contributed by atoms with Gasteiger partial charge in [-0.3, -0.25) is 0 Å². The van der Waals surface area contributed by atoms with Crippen LogP contribution in [0.3, 0.4) is 0 Å². The number of aromatic nitrogens is 2. The zero-order valence-electron chi connectivity index (χ0n) is 11.3. The minimum atomic E-state index is -0.409. The number of hydrogen-bond acceptors (Lipinski definition) is 1. The lowest BCUT2D eigenvalue weighted by molar-refractivity contribution is -0.646. The maximum atomic E-state index is 10.3. The lowest BCUT2D eigenvalue weighted by Crippen LogP contribution is -2.25. The number of fused-ring (bicyclic) bond motifs is 1. The molecular formula is C15H23N2O+. The normalized spacial score (nSPS) is 13.1. The van der Waals surface area contributed by atoms with Crippen LogP contribution in [0.4, 0.5) is 0 Å². The third-order valence-corrected chi connectivity index (χ3v) is 3.47. The third-order valence-electron chi connectivity index (χ3n) is 3.47. The Morgan fingerprint density at radius 2 is 2.00 bits per heavy atom. The lowest BCUT2D eigenvalue weighted by atomic mass is 10.1. The van der Waals surface area contributed by atoms with Crippen molar-refractivity contribution in [1.29, 1.82) is 0 Å². The summed E-state index contributed by atoms with van der Waals surface area (Å²) >= 11 is 0. The van der Waals surface area contributed by atoms with E-state index in [-0.39, 0.29) is 0 Å². The number of rotatable bonds is 6. The average molecular weight is 247 g/mol. The molecule has 3 heteroatoms. The van der Waals surface area contributed by atoms with Gasteiger partial charge < -0.3 is 5.11 Å². The van der Waals surface area contributed by atoms with Gasteiger partial charge in [0.05, 0.1) is 7.05 Å². The summed E-state index contributed by atoms with van der Waals surface area (Å²) in [5.41, 5.74) is 2.26. The van der Waals surface area contributed by atoms with Crippen LogP contribution in [0, 0.1) is 0 Å². The van der Waals surface area contributed by atoms with E-state index in [0.29, 0.717) is 0 Å². The number of aliphatic hydroxyl groups excluding tert-OH is 1. The van der Waals surface area contributed by atoms with Crippen LogP contribution in [-0.2, 0) is 7.05 Å². The van der Waals surface area contributed by atoms with Crippen molar-refractivity contribution in [2.24, 2.45) is 7.05 Å². The predicted molar refractivity (Wildman–Crippen MR) is 73.1 cm³/mol. The Morgan fingerprint density at radius 1 is 1.22 bits per heavy atom. The number of imidazole rings is 1. The molecule has 0 saturated heterocycles. The molecule has 0 aliphatic carbocycles. The summed E-state index contributed by atoms with van der Waals surface area (Å²) in [6.45, 7) is 2.20. The largest absolute Gasteiger partial charge is 0.355 e. The van der Waals surface area contributed by atoms with Gasteiger partial charge in [0.25, 0.3) is 0 Å². The van der Waals surface area contributed by atoms with Gasteiger partial charge in [0, 0.05) is 6.42 Å². The second-order valence-corrected chi connectivity index (χ2v) is 4.95. The van der Waals surface area contributed by atoms with Crippen molar-refractivity contribution >= 4 is 11.0 Å². The Kier molecular flexibility index (Phi) is 4.37. The van der Waals surface area contributed by atoms with E-state index in [1.165, 1.54) is 19.3 Å². The van der Waals surface area contributed by atoms with E-state index in [0.717, 1.165) is 23.9 Å². The third kappa shape index (κ3) is 2.72. The van der Waals surface area contributed by atoms with Gasteiger partial charge in [-0.1, -0.05) is 38.3 Å². The van der Waals surface area contributed by atoms with Gasteiger partial charge in [0.2, 0.25) is 6.33 Å². The molecule has 0 fully saturated rings. The van der Waals surface area contributed by atoms with E-state index < -0.39 is 6.23 Å². The maximum Gasteiger partial charge on any atom is 0.246 e. The number of benzene rings is 1. The molecule has 2 aromatic rings. The monoisotopic (exact) mass is 247 g/mol. The highest BCUT2D eigenvalue weighted by Gasteiger charge is 2.18. The van der Waals surface area contributed by atoms with Gasteiger partial charge in [0.1, 0.15) is 0 Å². The molecule has 1 aromatic heterocycles. The van der Waals surface area contributed by atoms with Crippen LogP contribution in [0.15, 0.2) is 30.6 Å². The first-order valence-corrected chi connectivity index (χ1v) is 6.87. The zero-order valence-corrected chi connectivity index (χ0v) is 11.3. The molecule has 0 aliphatic rings. The SMILES string of the molecule is CCCCCCC(O)n1c[n+](C)c2ccccc21. The van der Waals surface area contributed by atoms with Gasteiger partial charge in [-0.2, -0.15) is 0 Å². The van der Waals surface area contributed by atoms with Crippen LogP contribution >= 0.6 is 0 Å². The highest BCUT2D eigenvalue weighted by atomic mass is 16.3. The first kappa shape index (κ1) is 13.1. The molecule has 1 atom stereocenters. The molecule has 1 heterocycles. The summed E-state index contributed by atoms with van der Waals surface area (Å²) in [6.07, 6.45) is 7.19. The molecule has 98 valence electrons. The van der Waals surface area contributed by atoms with E-state index in [1.807, 2.05) is 30.1 Å². The summed E-state index contributed by atoms with van der Waals surface area (Å²) in [5, 5.41) is 10.3. The smallest absolute Gasteiger partial charge is 0.246 e. The van der Waals surface area contributed by atoms with Crippen LogP contribution in [0.25, 0.3) is 11.0 Å². The molecule has 0 amide bonds. The lowest BCUT2D eigenvalue weighted by Gasteiger charge is -2.07. The Hall–Kier alpha value is -1.35. The van der Waals surface area contributed by atoms with Crippen LogP contribution in [0.2, 0.25) is 0 Å². The fraction of sp³-hybridized carbons (Fsp3) is 0.533. The van der Waals surface area contributed by atoms with E-state index in [2.05, 4.69) is 23.6 Å². The summed E-state index contributed by atoms with van der Waals surface area (Å²) < 4.78 is 4.03. The molecular weight excluding hydrogens is 224 g/mol. The molecule has 0 spiro atoms. The quantitative estimate of drug-likeness (QED) is 0.617. The Bertz CT molecular complexity index is 504. The van der Waals surface area contributed by atoms with Gasteiger partial charge in [0.15, 0.2) is 17.3 Å². The Morgan fingerprint density at radius 3 is 2.78 bits per heavy atom. The topological polar surface area (TPSA) is 29.0 Å². The number of hydrogen-bond donors (Lipinski definition) is 1. The number of nitrogens with zero attached hydrogens (tertiary/aromatic N) is 2. The number of para-hydroxylation sites is 2. The fourth-order valence-corrected chi connectivity index (χ4v) is 2.42. The van der Waals surface area contributed by atoms with Crippen molar-refractivity contribution in [3.63, 3.8) is 0 Å². The predicted octanol–water partition coefficient (Wildman–Crippen LogP) is 2.93. The molecule has 0 radical (unpaired) electrons. The van der Waals surface area contributed by atoms with Crippen molar-refractivity contribution in [2.45, 2.75) is 45.3 Å². The Labute approximate surface area is 109 Å². The minimum Gasteiger partial charge on any atom is -0.355 e. The van der Waals surface area contributed by atoms with E-state index >= 15 is 0 Å². The average Bonchev–Trinajstić information content (AvgIpc) is 2.73. The second-order valence-electron chi connectivity index (χ2n) is 4.95. The summed E-state index contributed by atoms with van der Waals surface area (Å²) in [6, 6.07) is 8.18. The van der Waals surface area contributed by atoms with Gasteiger partial charge >= 0.3 is 0 Å². The standard InChI is InChI=1S/C15H23N2O/c1-3-4-5-6-11-15(18)17-12-16(2)13-9-7-8-10-14(13)17/h7-10,12,15,18H,3-6,11H2,1-2H3/q+1. The molecule has 0 saturated carbocycles. The van der Waals surface area contributed by atoms with E-state index in [9.17, 15) is 5.11 Å². The van der Waals surface area contributed by atoms with Crippen molar-refractivity contribution in [3.05, 3.63) is 30.6 Å². The number of unbranched alkanes of at least 4 members (excludes halogenated alkanes) is 3. The van der Waals surface area contributed by atoms with Crippen molar-refractivity contribution in [3.8, 4) is 0 Å². The molecule has 1 unspecified atom stereocenters. The van der Waals surface area contributed by atoms with E-state index in [4.69, 9.17) is 0 Å². The van der Waals surface area contributed by atoms with Crippen molar-refractivity contribution < 1.29 is 9.67 Å². The maximum absolute atomic E-state index is 10.3. The molecule has 2 rings (SSSR count). The fourth-order valence-electron chi connectivity index (χ4n) is 2.42. The zero-order chi connectivity index (χ0) is 13.0. The van der Waals surface area contributed by atoms with Crippen LogP contribution in [-0.4, -0.2) is 9.67 Å². The van der Waals surface area contributed by atoms with Gasteiger partial charge in [-0.15, -0.1) is 0 Å². The van der Waals surface area contributed by atoms with Crippen molar-refractivity contribution in [2.75, 3.05) is 0 Å². The van der Waals surface area contributed by atoms with Crippen molar-refractivity contribution in [1.82, 2.24) is 4.57 Å². The Balaban J connectivity index is 2.10. The minimum absolute atomic E-state index is 0.409. The van der Waals surface area contributed by atoms with E-state index in [1.54, 1.807) is 0 Å². The summed E-state index contributed by atoms with van der Waals surface area (Å²) in [5.74, 6) is 0. The highest BCUT2D eigenvalue weighted by Crippen LogP contribution is 2.19. The molecule has 1 aromatic carbocycles. The molecule has 0 aliphatic heterocycles. The van der Waals surface area contributed by atoms with Crippen LogP contribution in [0.5, 0.6) is 0 Å². The van der Waals surface area contributed by atoms with Crippen LogP contribution < -0.4 is 4.57 Å². The second kappa shape index (κ2) is 6.01. The first-order valence-electron chi connectivity index (χ1n) is 6.87. The van der Waals surface area contributed by atoms with Gasteiger partial charge in [-0.25, -0.2) is 9.13 Å². The molecule has 18 heavy (non-hydrogen) atoms. The van der Waals surface area contributed by atoms with Crippen LogP contribution in [0.1, 0.15) is 45.3 Å². The molecule has 1 N–H and O–H groups in total. The van der Waals surface area contributed by atoms with Gasteiger partial charge in [-0.05, 0) is 18.6 Å². The first-order chi connectivity index (χ1) is 8.74. The number of aryl methyl sites for hydroxylation is 1. The molecule has 0 bridgehead atoms. The summed E-state index contributed by atoms with van der Waals surface area (Å²) in [4.78, 5) is 0. The number of aliphatic hydroxyl groups is 1. The molecule has 3 nitrogen and oxygen atoms in total. The summed E-state index contributed by atoms with van der Waals surface area (Å²) in [7, 11) is 2.02.